The monoisotopic (exact) mass is 730 g/mol. The molecule has 280 valence electrons. The molecule has 3 fully saturated rings. The number of fused-ring (bicyclic) bond motifs is 3. The number of hydrogen-bond acceptors (Lipinski definition) is 11. The van der Waals surface area contributed by atoms with Crippen LogP contribution >= 0.6 is 0 Å². The lowest BCUT2D eigenvalue weighted by Crippen LogP contribution is -2.50. The van der Waals surface area contributed by atoms with Crippen molar-refractivity contribution in [2.75, 3.05) is 50.8 Å². The third-order valence-electron chi connectivity index (χ3n) is 9.90. The molecular formula is C38H44F2N8O5. The van der Waals surface area contributed by atoms with Crippen molar-refractivity contribution in [3.05, 3.63) is 42.0 Å². The van der Waals surface area contributed by atoms with Crippen LogP contribution in [0.3, 0.4) is 0 Å². The lowest BCUT2D eigenvalue weighted by molar-refractivity contribution is 0.0240. The largest absolute Gasteiger partial charge is 0.461 e. The van der Waals surface area contributed by atoms with Gasteiger partial charge < -0.3 is 24.0 Å². The summed E-state index contributed by atoms with van der Waals surface area (Å²) in [5, 5.41) is 10.7. The first-order valence-corrected chi connectivity index (χ1v) is 17.9. The highest BCUT2D eigenvalue weighted by Crippen LogP contribution is 2.41. The van der Waals surface area contributed by atoms with E-state index in [4.69, 9.17) is 19.2 Å². The number of hydrogen-bond donors (Lipinski definition) is 0. The van der Waals surface area contributed by atoms with E-state index in [-0.39, 0.29) is 35.0 Å². The van der Waals surface area contributed by atoms with Crippen LogP contribution in [0.5, 0.6) is 6.01 Å². The number of piperazine rings is 1. The van der Waals surface area contributed by atoms with Gasteiger partial charge in [-0.3, -0.25) is 14.5 Å². The van der Waals surface area contributed by atoms with Gasteiger partial charge in [0.2, 0.25) is 0 Å². The molecule has 3 aromatic heterocycles. The highest BCUT2D eigenvalue weighted by atomic mass is 19.1. The summed E-state index contributed by atoms with van der Waals surface area (Å²) in [7, 11) is 0. The number of ether oxygens (including phenoxy) is 3. The molecule has 0 bridgehead atoms. The Bertz CT molecular complexity index is 2130. The number of amides is 1. The van der Waals surface area contributed by atoms with Gasteiger partial charge in [-0.2, -0.15) is 15.2 Å². The fraction of sp³-hybridized carbons (Fsp3) is 0.526. The molecule has 1 amide bonds. The molecule has 2 atom stereocenters. The van der Waals surface area contributed by atoms with Crippen molar-refractivity contribution in [1.29, 1.82) is 5.26 Å². The van der Waals surface area contributed by atoms with E-state index in [0.29, 0.717) is 61.3 Å². The van der Waals surface area contributed by atoms with E-state index in [1.165, 1.54) is 17.0 Å². The predicted molar refractivity (Wildman–Crippen MR) is 193 cm³/mol. The molecule has 13 nitrogen and oxygen atoms in total. The second-order valence-electron chi connectivity index (χ2n) is 16.0. The highest BCUT2D eigenvalue weighted by Gasteiger charge is 2.49. The maximum Gasteiger partial charge on any atom is 0.419 e. The molecule has 0 saturated carbocycles. The minimum absolute atomic E-state index is 0.0736. The number of rotatable bonds is 5. The van der Waals surface area contributed by atoms with Crippen molar-refractivity contribution < 1.29 is 32.6 Å². The smallest absolute Gasteiger partial charge is 0.419 e. The second-order valence-corrected chi connectivity index (χ2v) is 16.0. The molecule has 0 N–H and O–H groups in total. The van der Waals surface area contributed by atoms with Gasteiger partial charge in [0, 0.05) is 62.5 Å². The minimum Gasteiger partial charge on any atom is -0.461 e. The number of nitrogens with zero attached hydrogens (tertiary/aromatic N) is 8. The van der Waals surface area contributed by atoms with Gasteiger partial charge in [-0.05, 0) is 73.1 Å². The van der Waals surface area contributed by atoms with Gasteiger partial charge in [0.15, 0.2) is 5.82 Å². The van der Waals surface area contributed by atoms with Gasteiger partial charge in [-0.15, -0.1) is 0 Å². The molecule has 1 aromatic carbocycles. The molecule has 7 rings (SSSR count). The van der Waals surface area contributed by atoms with Crippen LogP contribution in [0.15, 0.2) is 30.6 Å². The van der Waals surface area contributed by atoms with Crippen LogP contribution in [-0.2, 0) is 9.47 Å². The van der Waals surface area contributed by atoms with E-state index >= 15 is 4.39 Å². The number of pyridine rings is 1. The van der Waals surface area contributed by atoms with E-state index in [2.05, 4.69) is 20.9 Å². The Kier molecular flexibility index (Phi) is 9.16. The van der Waals surface area contributed by atoms with E-state index < -0.39 is 40.9 Å². The average Bonchev–Trinajstić information content (AvgIpc) is 3.76. The number of alkyl halides is 1. The van der Waals surface area contributed by atoms with Crippen molar-refractivity contribution in [3.8, 4) is 23.3 Å². The van der Waals surface area contributed by atoms with Crippen molar-refractivity contribution in [1.82, 2.24) is 29.3 Å². The van der Waals surface area contributed by atoms with Crippen molar-refractivity contribution in [2.45, 2.75) is 83.7 Å². The second kappa shape index (κ2) is 13.4. The zero-order valence-corrected chi connectivity index (χ0v) is 30.9. The average molecular weight is 731 g/mol. The Morgan fingerprint density at radius 1 is 1.02 bits per heavy atom. The van der Waals surface area contributed by atoms with Gasteiger partial charge in [0.25, 0.3) is 0 Å². The summed E-state index contributed by atoms with van der Waals surface area (Å²) in [6.45, 7) is 13.3. The van der Waals surface area contributed by atoms with Gasteiger partial charge in [0.1, 0.15) is 41.0 Å². The third kappa shape index (κ3) is 7.04. The number of benzene rings is 1. The van der Waals surface area contributed by atoms with E-state index in [0.717, 1.165) is 19.4 Å². The Morgan fingerprint density at radius 2 is 1.74 bits per heavy atom. The number of carbonyl (C=O) groups excluding carboxylic acids is 2. The summed E-state index contributed by atoms with van der Waals surface area (Å²) in [6, 6.07) is 6.96. The van der Waals surface area contributed by atoms with E-state index in [9.17, 15) is 19.2 Å². The molecule has 53 heavy (non-hydrogen) atoms. The van der Waals surface area contributed by atoms with Crippen LogP contribution in [0.2, 0.25) is 0 Å². The Hall–Kier alpha value is -5.10. The van der Waals surface area contributed by atoms with Crippen LogP contribution in [0.25, 0.3) is 33.1 Å². The predicted octanol–water partition coefficient (Wildman–Crippen LogP) is 6.45. The van der Waals surface area contributed by atoms with Crippen molar-refractivity contribution in [2.24, 2.45) is 0 Å². The quantitative estimate of drug-likeness (QED) is 0.224. The number of aromatic nitrogens is 4. The van der Waals surface area contributed by atoms with E-state index in [1.54, 1.807) is 43.9 Å². The first-order valence-electron chi connectivity index (χ1n) is 17.9. The minimum atomic E-state index is -0.958. The topological polar surface area (TPSA) is 139 Å². The molecule has 4 aromatic rings. The Morgan fingerprint density at radius 3 is 2.43 bits per heavy atom. The summed E-state index contributed by atoms with van der Waals surface area (Å²) in [5.41, 5.74) is -1.37. The molecular weight excluding hydrogens is 686 g/mol. The van der Waals surface area contributed by atoms with Crippen molar-refractivity contribution in [3.63, 3.8) is 0 Å². The molecule has 6 heterocycles. The van der Waals surface area contributed by atoms with Gasteiger partial charge >= 0.3 is 18.2 Å². The van der Waals surface area contributed by atoms with Crippen LogP contribution in [-0.4, -0.2) is 110 Å². The maximum absolute atomic E-state index is 17.1. The van der Waals surface area contributed by atoms with Crippen molar-refractivity contribution >= 4 is 39.8 Å². The van der Waals surface area contributed by atoms with Crippen LogP contribution < -0.4 is 9.64 Å². The first kappa shape index (κ1) is 36.3. The molecule has 0 spiro atoms. The van der Waals surface area contributed by atoms with Crippen LogP contribution in [0.4, 0.5) is 24.2 Å². The maximum atomic E-state index is 17.1. The summed E-state index contributed by atoms with van der Waals surface area (Å²) < 4.78 is 50.4. The Labute approximate surface area is 306 Å². The third-order valence-corrected chi connectivity index (χ3v) is 9.90. The number of nitriles is 1. The lowest BCUT2D eigenvalue weighted by atomic mass is 9.95. The van der Waals surface area contributed by atoms with Gasteiger partial charge in [-0.1, -0.05) is 6.07 Å². The first-order chi connectivity index (χ1) is 25.1. The number of anilines is 1. The normalized spacial score (nSPS) is 20.8. The molecule has 3 aliphatic rings. The number of halogens is 2. The standard InChI is InChI=1S/C38H44F2N8O5/c1-36(2,3)52-34(49)46-15-13-45(14-16-46)32-25-19-42-30(26-21-48(35(50)53-37(4,5)6)27-10-7-9-23(18-41)28(26)27)29(40)31(25)43-33(44-32)51-22-38-11-8-12-47(38)20-24(39)17-38/h7,9-10,19,21,24H,8,11-17,20,22H2,1-6H3/t24-,38+/m1/s1. The van der Waals surface area contributed by atoms with Crippen LogP contribution in [0.1, 0.15) is 66.4 Å². The SMILES string of the molecule is CC(C)(C)OC(=O)N1CCN(c2nc(OC[C@@]34CCCN3C[C@H](F)C4)nc3c(F)c(-c4cn(C(=O)OC(C)(C)C)c5cccc(C#N)c45)ncc23)CC1. The molecule has 0 aliphatic carbocycles. The van der Waals surface area contributed by atoms with E-state index in [1.807, 2.05) is 25.7 Å². The highest BCUT2D eigenvalue weighted by molar-refractivity contribution is 6.04. The Balaban J connectivity index is 1.31. The van der Waals surface area contributed by atoms with Gasteiger partial charge in [-0.25, -0.2) is 18.4 Å². The lowest BCUT2D eigenvalue weighted by Gasteiger charge is -2.36. The molecule has 0 radical (unpaired) electrons. The summed E-state index contributed by atoms with van der Waals surface area (Å²) in [4.78, 5) is 45.7. The number of carbonyl (C=O) groups is 2. The molecule has 15 heteroatoms. The summed E-state index contributed by atoms with van der Waals surface area (Å²) in [6.07, 6.45) is 2.86. The van der Waals surface area contributed by atoms with Gasteiger partial charge in [0.05, 0.1) is 28.1 Å². The zero-order valence-electron chi connectivity index (χ0n) is 30.9. The molecule has 3 saturated heterocycles. The molecule has 0 unspecified atom stereocenters. The molecule has 3 aliphatic heterocycles. The fourth-order valence-corrected chi connectivity index (χ4v) is 7.61. The zero-order chi connectivity index (χ0) is 37.9. The summed E-state index contributed by atoms with van der Waals surface area (Å²) in [5.74, 6) is -0.430. The summed E-state index contributed by atoms with van der Waals surface area (Å²) >= 11 is 0. The fourth-order valence-electron chi connectivity index (χ4n) is 7.61. The van der Waals surface area contributed by atoms with Crippen LogP contribution in [0, 0.1) is 17.1 Å².